The molecule has 2 fully saturated rings. The molecule has 2 aromatic rings. The molecule has 1 unspecified atom stereocenters. The summed E-state index contributed by atoms with van der Waals surface area (Å²) in [4.78, 5) is 4.33. The fourth-order valence-electron chi connectivity index (χ4n) is 3.71. The van der Waals surface area contributed by atoms with Crippen LogP contribution in [0.5, 0.6) is 0 Å². The first-order chi connectivity index (χ1) is 11.8. The van der Waals surface area contributed by atoms with E-state index in [2.05, 4.69) is 15.4 Å². The van der Waals surface area contributed by atoms with Gasteiger partial charge < -0.3 is 11.1 Å². The largest absolute Gasteiger partial charge is 0.421 e. The number of fused-ring (bicyclic) bond motifs is 1. The number of anilines is 1. The van der Waals surface area contributed by atoms with Crippen LogP contribution in [0.3, 0.4) is 0 Å². The van der Waals surface area contributed by atoms with E-state index in [1.165, 1.54) is 4.52 Å². The first-order valence-electron chi connectivity index (χ1n) is 8.81. The zero-order chi connectivity index (χ0) is 17.8. The minimum atomic E-state index is -4.47. The van der Waals surface area contributed by atoms with Crippen LogP contribution in [0.15, 0.2) is 12.3 Å². The van der Waals surface area contributed by atoms with E-state index in [-0.39, 0.29) is 23.6 Å². The summed E-state index contributed by atoms with van der Waals surface area (Å²) in [6, 6.07) is 2.15. The first kappa shape index (κ1) is 16.6. The average molecular weight is 353 g/mol. The lowest BCUT2D eigenvalue weighted by molar-refractivity contribution is -0.136. The topological polar surface area (TPSA) is 68.2 Å². The number of halogens is 3. The number of hydrogen-bond donors (Lipinski definition) is 2. The molecule has 25 heavy (non-hydrogen) atoms. The van der Waals surface area contributed by atoms with Crippen LogP contribution in [0.4, 0.5) is 19.0 Å². The third-order valence-corrected chi connectivity index (χ3v) is 5.42. The van der Waals surface area contributed by atoms with Crippen molar-refractivity contribution >= 4 is 11.5 Å². The Labute approximate surface area is 143 Å². The highest BCUT2D eigenvalue weighted by molar-refractivity contribution is 5.56. The molecule has 3 atom stereocenters. The Morgan fingerprint density at radius 2 is 2.04 bits per heavy atom. The molecule has 4 rings (SSSR count). The van der Waals surface area contributed by atoms with Gasteiger partial charge in [-0.05, 0) is 38.0 Å². The Kier molecular flexibility index (Phi) is 3.90. The van der Waals surface area contributed by atoms with E-state index in [0.717, 1.165) is 38.3 Å². The lowest BCUT2D eigenvalue weighted by atomic mass is 10.0. The smallest absolute Gasteiger partial charge is 0.367 e. The van der Waals surface area contributed by atoms with Crippen LogP contribution in [-0.4, -0.2) is 26.7 Å². The minimum absolute atomic E-state index is 0.123. The molecule has 0 aliphatic heterocycles. The second kappa shape index (κ2) is 5.86. The SMILES string of the molecule is CC(c1cc(N[C@H]2CC[C@H](N)C2)n2ncc(C(F)(F)F)c2n1)C1CC1. The average Bonchev–Trinajstić information content (AvgIpc) is 3.16. The van der Waals surface area contributed by atoms with Crippen LogP contribution in [0, 0.1) is 5.92 Å². The monoisotopic (exact) mass is 353 g/mol. The summed E-state index contributed by atoms with van der Waals surface area (Å²) in [7, 11) is 0. The molecule has 2 heterocycles. The van der Waals surface area contributed by atoms with Crippen molar-refractivity contribution in [2.45, 2.75) is 63.2 Å². The van der Waals surface area contributed by atoms with E-state index in [4.69, 9.17) is 5.73 Å². The van der Waals surface area contributed by atoms with E-state index < -0.39 is 11.7 Å². The summed E-state index contributed by atoms with van der Waals surface area (Å²) in [6.07, 6.45) is 1.25. The van der Waals surface area contributed by atoms with Crippen LogP contribution >= 0.6 is 0 Å². The summed E-state index contributed by atoms with van der Waals surface area (Å²) >= 11 is 0. The van der Waals surface area contributed by atoms with Crippen LogP contribution in [-0.2, 0) is 6.18 Å². The lowest BCUT2D eigenvalue weighted by Gasteiger charge is -2.18. The molecule has 2 aliphatic carbocycles. The number of aromatic nitrogens is 3. The summed E-state index contributed by atoms with van der Waals surface area (Å²) < 4.78 is 41.2. The number of nitrogens with zero attached hydrogens (tertiary/aromatic N) is 3. The maximum Gasteiger partial charge on any atom is 0.421 e. The molecular weight excluding hydrogens is 331 g/mol. The maximum absolute atomic E-state index is 13.3. The van der Waals surface area contributed by atoms with Gasteiger partial charge in [0.15, 0.2) is 5.65 Å². The van der Waals surface area contributed by atoms with Gasteiger partial charge in [-0.1, -0.05) is 6.92 Å². The van der Waals surface area contributed by atoms with Crippen molar-refractivity contribution in [1.29, 1.82) is 0 Å². The van der Waals surface area contributed by atoms with Crippen LogP contribution in [0.25, 0.3) is 5.65 Å². The molecule has 0 bridgehead atoms. The fraction of sp³-hybridized carbons (Fsp3) is 0.647. The Hall–Kier alpha value is -1.83. The molecular formula is C17H22F3N5. The highest BCUT2D eigenvalue weighted by atomic mass is 19.4. The zero-order valence-electron chi connectivity index (χ0n) is 14.1. The Balaban J connectivity index is 1.77. The van der Waals surface area contributed by atoms with Gasteiger partial charge in [-0.3, -0.25) is 0 Å². The number of rotatable bonds is 4. The Morgan fingerprint density at radius 1 is 1.28 bits per heavy atom. The first-order valence-corrected chi connectivity index (χ1v) is 8.81. The van der Waals surface area contributed by atoms with Gasteiger partial charge in [-0.25, -0.2) is 4.98 Å². The quantitative estimate of drug-likeness (QED) is 0.882. The molecule has 8 heteroatoms. The van der Waals surface area contributed by atoms with Gasteiger partial charge in [0.1, 0.15) is 11.4 Å². The third-order valence-electron chi connectivity index (χ3n) is 5.42. The van der Waals surface area contributed by atoms with Crippen molar-refractivity contribution in [3.8, 4) is 0 Å². The van der Waals surface area contributed by atoms with Crippen molar-refractivity contribution in [2.24, 2.45) is 11.7 Å². The molecule has 2 aromatic heterocycles. The zero-order valence-corrected chi connectivity index (χ0v) is 14.1. The minimum Gasteiger partial charge on any atom is -0.367 e. The number of hydrogen-bond acceptors (Lipinski definition) is 4. The highest BCUT2D eigenvalue weighted by Crippen LogP contribution is 2.43. The normalized spacial score (nSPS) is 25.5. The van der Waals surface area contributed by atoms with E-state index in [0.29, 0.717) is 17.4 Å². The third kappa shape index (κ3) is 3.19. The molecule has 0 radical (unpaired) electrons. The molecule has 5 nitrogen and oxygen atoms in total. The summed E-state index contributed by atoms with van der Waals surface area (Å²) in [5.41, 5.74) is 5.74. The van der Waals surface area contributed by atoms with E-state index >= 15 is 0 Å². The van der Waals surface area contributed by atoms with Gasteiger partial charge in [-0.2, -0.15) is 22.8 Å². The van der Waals surface area contributed by atoms with Crippen molar-refractivity contribution in [3.63, 3.8) is 0 Å². The van der Waals surface area contributed by atoms with Gasteiger partial charge in [0.25, 0.3) is 0 Å². The Bertz CT molecular complexity index is 780. The van der Waals surface area contributed by atoms with Crippen molar-refractivity contribution in [1.82, 2.24) is 14.6 Å². The number of nitrogens with two attached hydrogens (primary N) is 1. The van der Waals surface area contributed by atoms with Crippen LogP contribution in [0.2, 0.25) is 0 Å². The fourth-order valence-corrected chi connectivity index (χ4v) is 3.71. The molecule has 0 saturated heterocycles. The molecule has 0 aromatic carbocycles. The highest BCUT2D eigenvalue weighted by Gasteiger charge is 2.37. The van der Waals surface area contributed by atoms with Crippen molar-refractivity contribution < 1.29 is 13.2 Å². The molecule has 0 amide bonds. The van der Waals surface area contributed by atoms with E-state index in [1.807, 2.05) is 13.0 Å². The standard InChI is InChI=1S/C17H22F3N5/c1-9(10-2-3-10)14-7-15(23-12-5-4-11(21)6-12)25-16(24-14)13(8-22-25)17(18,19)20/h7-12,23H,2-6,21H2,1H3/t9?,11-,12-/m0/s1. The predicted octanol–water partition coefficient (Wildman–Crippen LogP) is 3.55. The van der Waals surface area contributed by atoms with Gasteiger partial charge in [-0.15, -0.1) is 0 Å². The van der Waals surface area contributed by atoms with Gasteiger partial charge in [0, 0.05) is 29.8 Å². The molecule has 136 valence electrons. The van der Waals surface area contributed by atoms with Crippen molar-refractivity contribution in [3.05, 3.63) is 23.5 Å². The van der Waals surface area contributed by atoms with Crippen LogP contribution in [0.1, 0.15) is 56.2 Å². The van der Waals surface area contributed by atoms with Gasteiger partial charge >= 0.3 is 6.18 Å². The lowest BCUT2D eigenvalue weighted by Crippen LogP contribution is -2.22. The van der Waals surface area contributed by atoms with Gasteiger partial charge in [0.05, 0.1) is 6.20 Å². The predicted molar refractivity (Wildman–Crippen MR) is 88.4 cm³/mol. The second-order valence-corrected chi connectivity index (χ2v) is 7.40. The molecule has 0 spiro atoms. The Morgan fingerprint density at radius 3 is 2.64 bits per heavy atom. The molecule has 3 N–H and O–H groups in total. The van der Waals surface area contributed by atoms with E-state index in [9.17, 15) is 13.2 Å². The van der Waals surface area contributed by atoms with Gasteiger partial charge in [0.2, 0.25) is 0 Å². The molecule has 2 aliphatic rings. The van der Waals surface area contributed by atoms with Crippen LogP contribution < -0.4 is 11.1 Å². The number of alkyl halides is 3. The van der Waals surface area contributed by atoms with Crippen molar-refractivity contribution in [2.75, 3.05) is 5.32 Å². The summed E-state index contributed by atoms with van der Waals surface area (Å²) in [5, 5.41) is 7.29. The summed E-state index contributed by atoms with van der Waals surface area (Å²) in [6.45, 7) is 2.04. The second-order valence-electron chi connectivity index (χ2n) is 7.40. The summed E-state index contributed by atoms with van der Waals surface area (Å²) in [5.74, 6) is 1.23. The number of nitrogens with one attached hydrogen (secondary N) is 1. The molecule has 2 saturated carbocycles. The van der Waals surface area contributed by atoms with E-state index in [1.54, 1.807) is 0 Å². The maximum atomic E-state index is 13.3.